The van der Waals surface area contributed by atoms with Crippen molar-refractivity contribution in [2.24, 2.45) is 35.0 Å². The van der Waals surface area contributed by atoms with Crippen molar-refractivity contribution in [2.75, 3.05) is 0 Å². The molecule has 3 nitrogen and oxygen atoms in total. The largest absolute Gasteiger partial charge is 0.327 e. The predicted octanol–water partition coefficient (Wildman–Crippen LogP) is 1.59. The zero-order chi connectivity index (χ0) is 12.6. The van der Waals surface area contributed by atoms with E-state index in [0.717, 1.165) is 19.3 Å². The molecule has 2 saturated carbocycles. The molecule has 0 saturated heterocycles. The lowest BCUT2D eigenvalue weighted by Gasteiger charge is -2.48. The van der Waals surface area contributed by atoms with Crippen molar-refractivity contribution in [1.29, 1.82) is 0 Å². The molecular weight excluding hydrogens is 210 g/mol. The van der Waals surface area contributed by atoms with Crippen LogP contribution in [-0.4, -0.2) is 17.6 Å². The molecule has 0 spiro atoms. The third-order valence-corrected chi connectivity index (χ3v) is 5.48. The van der Waals surface area contributed by atoms with Crippen molar-refractivity contribution >= 4 is 0 Å². The second-order valence-electron chi connectivity index (χ2n) is 6.77. The Labute approximate surface area is 105 Å². The van der Waals surface area contributed by atoms with E-state index in [-0.39, 0.29) is 11.6 Å². The van der Waals surface area contributed by atoms with Gasteiger partial charge in [0.2, 0.25) is 0 Å². The van der Waals surface area contributed by atoms with Gasteiger partial charge in [0.05, 0.1) is 0 Å². The summed E-state index contributed by atoms with van der Waals surface area (Å²) in [5.41, 5.74) is 19.0. The Morgan fingerprint density at radius 3 is 2.18 bits per heavy atom. The summed E-state index contributed by atoms with van der Waals surface area (Å²) in [6.45, 7) is 4.51. The summed E-state index contributed by atoms with van der Waals surface area (Å²) in [6.07, 6.45) is 6.87. The maximum absolute atomic E-state index is 6.66. The highest BCUT2D eigenvalue weighted by Gasteiger charge is 2.43. The highest BCUT2D eigenvalue weighted by atomic mass is 14.8. The Morgan fingerprint density at radius 2 is 1.59 bits per heavy atom. The number of hydrogen-bond donors (Lipinski definition) is 3. The molecule has 0 aromatic carbocycles. The van der Waals surface area contributed by atoms with E-state index >= 15 is 0 Å². The monoisotopic (exact) mass is 239 g/mol. The SMILES string of the molecule is CC1CCC(C2(N)CCC(C)C(N)C2)CC1N. The lowest BCUT2D eigenvalue weighted by Crippen LogP contribution is -2.57. The molecule has 0 bridgehead atoms. The summed E-state index contributed by atoms with van der Waals surface area (Å²) in [6, 6.07) is 0.620. The topological polar surface area (TPSA) is 78.1 Å². The maximum Gasteiger partial charge on any atom is 0.0198 e. The van der Waals surface area contributed by atoms with E-state index in [4.69, 9.17) is 17.2 Å². The van der Waals surface area contributed by atoms with E-state index in [1.165, 1.54) is 19.3 Å². The zero-order valence-electron chi connectivity index (χ0n) is 11.4. The smallest absolute Gasteiger partial charge is 0.0198 e. The van der Waals surface area contributed by atoms with Gasteiger partial charge in [-0.25, -0.2) is 0 Å². The van der Waals surface area contributed by atoms with E-state index in [9.17, 15) is 0 Å². The van der Waals surface area contributed by atoms with Crippen LogP contribution in [0.25, 0.3) is 0 Å². The molecule has 6 atom stereocenters. The van der Waals surface area contributed by atoms with Crippen LogP contribution < -0.4 is 17.2 Å². The van der Waals surface area contributed by atoms with Gasteiger partial charge in [-0.1, -0.05) is 13.8 Å². The summed E-state index contributed by atoms with van der Waals surface area (Å²) in [5.74, 6) is 1.88. The van der Waals surface area contributed by atoms with E-state index in [1.807, 2.05) is 0 Å². The van der Waals surface area contributed by atoms with Gasteiger partial charge in [0.15, 0.2) is 0 Å². The van der Waals surface area contributed by atoms with Gasteiger partial charge in [-0.3, -0.25) is 0 Å². The molecule has 0 heterocycles. The summed E-state index contributed by atoms with van der Waals surface area (Å²) < 4.78 is 0. The minimum Gasteiger partial charge on any atom is -0.327 e. The van der Waals surface area contributed by atoms with E-state index in [1.54, 1.807) is 0 Å². The molecule has 3 heteroatoms. The predicted molar refractivity (Wildman–Crippen MR) is 72.4 cm³/mol. The summed E-state index contributed by atoms with van der Waals surface area (Å²) >= 11 is 0. The highest BCUT2D eigenvalue weighted by Crippen LogP contribution is 2.41. The molecule has 0 aromatic rings. The normalized spacial score (nSPS) is 52.4. The molecule has 0 amide bonds. The van der Waals surface area contributed by atoms with Crippen LogP contribution in [0.5, 0.6) is 0 Å². The molecular formula is C14H29N3. The lowest BCUT2D eigenvalue weighted by molar-refractivity contribution is 0.0987. The van der Waals surface area contributed by atoms with Gasteiger partial charge < -0.3 is 17.2 Å². The van der Waals surface area contributed by atoms with E-state index in [2.05, 4.69) is 13.8 Å². The Kier molecular flexibility index (Phi) is 3.81. The third kappa shape index (κ3) is 2.67. The average molecular weight is 239 g/mol. The minimum absolute atomic E-state index is 0.0380. The Bertz CT molecular complexity index is 268. The van der Waals surface area contributed by atoms with Crippen molar-refractivity contribution in [3.05, 3.63) is 0 Å². The van der Waals surface area contributed by atoms with Crippen LogP contribution in [0.15, 0.2) is 0 Å². The van der Waals surface area contributed by atoms with Gasteiger partial charge >= 0.3 is 0 Å². The van der Waals surface area contributed by atoms with Crippen molar-refractivity contribution in [3.63, 3.8) is 0 Å². The fraction of sp³-hybridized carbons (Fsp3) is 1.00. The molecule has 6 N–H and O–H groups in total. The van der Waals surface area contributed by atoms with Crippen LogP contribution in [-0.2, 0) is 0 Å². The van der Waals surface area contributed by atoms with Crippen LogP contribution in [0, 0.1) is 17.8 Å². The lowest BCUT2D eigenvalue weighted by atomic mass is 9.63. The molecule has 0 aliphatic heterocycles. The fourth-order valence-electron chi connectivity index (χ4n) is 3.70. The molecule has 0 aromatic heterocycles. The Balaban J connectivity index is 2.01. The van der Waals surface area contributed by atoms with Crippen molar-refractivity contribution in [1.82, 2.24) is 0 Å². The second-order valence-corrected chi connectivity index (χ2v) is 6.77. The molecule has 17 heavy (non-hydrogen) atoms. The second kappa shape index (κ2) is 4.87. The molecule has 6 unspecified atom stereocenters. The molecule has 2 aliphatic rings. The van der Waals surface area contributed by atoms with E-state index in [0.29, 0.717) is 23.8 Å². The summed E-state index contributed by atoms with van der Waals surface area (Å²) in [5, 5.41) is 0. The van der Waals surface area contributed by atoms with Crippen LogP contribution >= 0.6 is 0 Å². The molecule has 0 radical (unpaired) electrons. The molecule has 2 fully saturated rings. The number of rotatable bonds is 1. The Morgan fingerprint density at radius 1 is 0.941 bits per heavy atom. The van der Waals surface area contributed by atoms with Crippen LogP contribution in [0.1, 0.15) is 52.4 Å². The summed E-state index contributed by atoms with van der Waals surface area (Å²) in [4.78, 5) is 0. The van der Waals surface area contributed by atoms with Crippen molar-refractivity contribution in [2.45, 2.75) is 70.0 Å². The standard InChI is InChI=1S/C14H29N3/c1-9-3-4-11(7-12(9)15)14(17)6-5-10(2)13(16)8-14/h9-13H,3-8,15-17H2,1-2H3. The first-order chi connectivity index (χ1) is 7.92. The van der Waals surface area contributed by atoms with Gasteiger partial charge in [0, 0.05) is 17.6 Å². The molecule has 100 valence electrons. The Hall–Kier alpha value is -0.120. The van der Waals surface area contributed by atoms with E-state index < -0.39 is 0 Å². The first-order valence-corrected chi connectivity index (χ1v) is 7.22. The van der Waals surface area contributed by atoms with Gasteiger partial charge in [0.25, 0.3) is 0 Å². The van der Waals surface area contributed by atoms with Gasteiger partial charge in [-0.05, 0) is 56.3 Å². The quantitative estimate of drug-likeness (QED) is 0.650. The van der Waals surface area contributed by atoms with Crippen LogP contribution in [0.4, 0.5) is 0 Å². The highest BCUT2D eigenvalue weighted by molar-refractivity contribution is 5.01. The minimum atomic E-state index is -0.0380. The fourth-order valence-corrected chi connectivity index (χ4v) is 3.70. The third-order valence-electron chi connectivity index (χ3n) is 5.48. The number of nitrogens with two attached hydrogens (primary N) is 3. The number of hydrogen-bond acceptors (Lipinski definition) is 3. The van der Waals surface area contributed by atoms with Crippen molar-refractivity contribution < 1.29 is 0 Å². The van der Waals surface area contributed by atoms with Crippen LogP contribution in [0.2, 0.25) is 0 Å². The molecule has 2 rings (SSSR count). The molecule has 2 aliphatic carbocycles. The average Bonchev–Trinajstić information content (AvgIpc) is 2.28. The van der Waals surface area contributed by atoms with Crippen LogP contribution in [0.3, 0.4) is 0 Å². The van der Waals surface area contributed by atoms with Gasteiger partial charge in [0.1, 0.15) is 0 Å². The summed E-state index contributed by atoms with van der Waals surface area (Å²) in [7, 11) is 0. The van der Waals surface area contributed by atoms with Gasteiger partial charge in [-0.2, -0.15) is 0 Å². The van der Waals surface area contributed by atoms with Gasteiger partial charge in [-0.15, -0.1) is 0 Å². The first kappa shape index (κ1) is 13.3. The zero-order valence-corrected chi connectivity index (χ0v) is 11.4. The van der Waals surface area contributed by atoms with Crippen molar-refractivity contribution in [3.8, 4) is 0 Å². The first-order valence-electron chi connectivity index (χ1n) is 7.22. The maximum atomic E-state index is 6.66.